The minimum absolute atomic E-state index is 0.142. The lowest BCUT2D eigenvalue weighted by Crippen LogP contribution is -2.41. The number of nitrogens with zero attached hydrogens (tertiary/aromatic N) is 2. The number of amides is 1. The van der Waals surface area contributed by atoms with Gasteiger partial charge in [-0.1, -0.05) is 19.3 Å². The number of aromatic nitrogens is 1. The van der Waals surface area contributed by atoms with Crippen LogP contribution in [0.5, 0.6) is 0 Å². The van der Waals surface area contributed by atoms with Crippen LogP contribution in [-0.4, -0.2) is 36.0 Å². The van der Waals surface area contributed by atoms with Crippen molar-refractivity contribution in [3.63, 3.8) is 0 Å². The molecule has 1 amide bonds. The largest absolute Gasteiger partial charge is 0.370 e. The number of pyridine rings is 1. The zero-order chi connectivity index (χ0) is 14.9. The number of nitrogens with two attached hydrogens (primary N) is 1. The second kappa shape index (κ2) is 8.24. The Kier molecular flexibility index (Phi) is 5.99. The summed E-state index contributed by atoms with van der Waals surface area (Å²) in [5.41, 5.74) is 6.40. The number of carbonyl (C=O) groups is 1. The Morgan fingerprint density at radius 2 is 2.19 bits per heavy atom. The molecule has 6 nitrogen and oxygen atoms in total. The maximum Gasteiger partial charge on any atom is 0.252 e. The third kappa shape index (κ3) is 5.41. The lowest BCUT2D eigenvalue weighted by Gasteiger charge is -2.23. The highest BCUT2D eigenvalue weighted by Gasteiger charge is 2.13. The van der Waals surface area contributed by atoms with Crippen molar-refractivity contribution in [1.29, 1.82) is 0 Å². The number of hydrogen-bond donors (Lipinski definition) is 3. The maximum absolute atomic E-state index is 11.8. The van der Waals surface area contributed by atoms with E-state index in [-0.39, 0.29) is 5.91 Å². The molecular formula is C15H23N5O. The van der Waals surface area contributed by atoms with Crippen LogP contribution in [0.15, 0.2) is 29.5 Å². The van der Waals surface area contributed by atoms with E-state index in [4.69, 9.17) is 5.73 Å². The third-order valence-corrected chi connectivity index (χ3v) is 3.56. The predicted molar refractivity (Wildman–Crippen MR) is 83.1 cm³/mol. The van der Waals surface area contributed by atoms with E-state index in [0.717, 1.165) is 12.8 Å². The minimum atomic E-state index is -0.142. The van der Waals surface area contributed by atoms with Crippen LogP contribution in [0, 0.1) is 0 Å². The van der Waals surface area contributed by atoms with Crippen LogP contribution in [0.25, 0.3) is 0 Å². The Labute approximate surface area is 125 Å². The first-order valence-electron chi connectivity index (χ1n) is 7.50. The molecule has 1 aliphatic rings. The van der Waals surface area contributed by atoms with Crippen LogP contribution in [-0.2, 0) is 0 Å². The highest BCUT2D eigenvalue weighted by atomic mass is 16.1. The van der Waals surface area contributed by atoms with Crippen LogP contribution in [0.2, 0.25) is 0 Å². The van der Waals surface area contributed by atoms with Crippen LogP contribution in [0.4, 0.5) is 0 Å². The van der Waals surface area contributed by atoms with Gasteiger partial charge in [0.1, 0.15) is 0 Å². The molecule has 0 radical (unpaired) electrons. The zero-order valence-electron chi connectivity index (χ0n) is 12.2. The summed E-state index contributed by atoms with van der Waals surface area (Å²) in [4.78, 5) is 19.9. The summed E-state index contributed by atoms with van der Waals surface area (Å²) in [6, 6.07) is 3.91. The standard InChI is InChI=1S/C15H23N5O/c16-15(20-13-6-2-1-3-7-13)19-10-9-18-14(21)12-5-4-8-17-11-12/h4-5,8,11,13H,1-3,6-7,9-10H2,(H,18,21)(H3,16,19,20). The molecule has 1 aromatic heterocycles. The predicted octanol–water partition coefficient (Wildman–Crippen LogP) is 1.05. The van der Waals surface area contributed by atoms with Gasteiger partial charge in [0.05, 0.1) is 12.1 Å². The van der Waals surface area contributed by atoms with Crippen molar-refractivity contribution >= 4 is 11.9 Å². The molecule has 0 unspecified atom stereocenters. The lowest BCUT2D eigenvalue weighted by molar-refractivity contribution is 0.0954. The van der Waals surface area contributed by atoms with Gasteiger partial charge in [-0.05, 0) is 25.0 Å². The van der Waals surface area contributed by atoms with E-state index in [0.29, 0.717) is 30.7 Å². The Hall–Kier alpha value is -2.11. The molecule has 0 aromatic carbocycles. The van der Waals surface area contributed by atoms with Gasteiger partial charge in [-0.25, -0.2) is 0 Å². The van der Waals surface area contributed by atoms with Crippen molar-refractivity contribution in [2.24, 2.45) is 10.7 Å². The van der Waals surface area contributed by atoms with Gasteiger partial charge in [-0.3, -0.25) is 14.8 Å². The normalized spacial score (nSPS) is 16.5. The Balaban J connectivity index is 1.66. The van der Waals surface area contributed by atoms with E-state index >= 15 is 0 Å². The van der Waals surface area contributed by atoms with Gasteiger partial charge >= 0.3 is 0 Å². The van der Waals surface area contributed by atoms with Crippen molar-refractivity contribution < 1.29 is 4.79 Å². The molecule has 0 saturated heterocycles. The van der Waals surface area contributed by atoms with E-state index in [2.05, 4.69) is 20.6 Å². The van der Waals surface area contributed by atoms with E-state index in [1.807, 2.05) is 0 Å². The van der Waals surface area contributed by atoms with Crippen LogP contribution in [0.1, 0.15) is 42.5 Å². The van der Waals surface area contributed by atoms with Gasteiger partial charge in [-0.2, -0.15) is 0 Å². The number of nitrogens with one attached hydrogen (secondary N) is 2. The van der Waals surface area contributed by atoms with Crippen molar-refractivity contribution in [2.75, 3.05) is 13.1 Å². The van der Waals surface area contributed by atoms with Gasteiger partial charge in [-0.15, -0.1) is 0 Å². The first-order chi connectivity index (χ1) is 10.3. The van der Waals surface area contributed by atoms with Gasteiger partial charge in [0.25, 0.3) is 5.91 Å². The minimum Gasteiger partial charge on any atom is -0.370 e. The molecule has 1 aromatic rings. The Morgan fingerprint density at radius 1 is 1.38 bits per heavy atom. The molecule has 1 saturated carbocycles. The molecule has 0 aliphatic heterocycles. The molecule has 114 valence electrons. The van der Waals surface area contributed by atoms with Crippen molar-refractivity contribution in [3.05, 3.63) is 30.1 Å². The fraction of sp³-hybridized carbons (Fsp3) is 0.533. The summed E-state index contributed by atoms with van der Waals surface area (Å²) >= 11 is 0. The molecular weight excluding hydrogens is 266 g/mol. The average Bonchev–Trinajstić information content (AvgIpc) is 2.53. The fourth-order valence-electron chi connectivity index (χ4n) is 2.45. The van der Waals surface area contributed by atoms with Gasteiger partial charge < -0.3 is 16.4 Å². The summed E-state index contributed by atoms with van der Waals surface area (Å²) in [6.45, 7) is 0.929. The van der Waals surface area contributed by atoms with Gasteiger partial charge in [0.15, 0.2) is 5.96 Å². The quantitative estimate of drug-likeness (QED) is 0.429. The summed E-state index contributed by atoms with van der Waals surface area (Å²) < 4.78 is 0. The molecule has 1 aliphatic carbocycles. The molecule has 0 atom stereocenters. The molecule has 1 fully saturated rings. The van der Waals surface area contributed by atoms with Crippen LogP contribution < -0.4 is 16.4 Å². The summed E-state index contributed by atoms with van der Waals surface area (Å²) in [6.07, 6.45) is 9.33. The van der Waals surface area contributed by atoms with Crippen LogP contribution in [0.3, 0.4) is 0 Å². The second-order valence-electron chi connectivity index (χ2n) is 5.24. The smallest absolute Gasteiger partial charge is 0.252 e. The first kappa shape index (κ1) is 15.3. The molecule has 1 heterocycles. The third-order valence-electron chi connectivity index (χ3n) is 3.56. The molecule has 0 spiro atoms. The van der Waals surface area contributed by atoms with Gasteiger partial charge in [0.2, 0.25) is 0 Å². The SMILES string of the molecule is NC(=NCCNC(=O)c1cccnc1)NC1CCCCC1. The second-order valence-corrected chi connectivity index (χ2v) is 5.24. The molecule has 0 bridgehead atoms. The Morgan fingerprint density at radius 3 is 2.90 bits per heavy atom. The van der Waals surface area contributed by atoms with Crippen molar-refractivity contribution in [3.8, 4) is 0 Å². The van der Waals surface area contributed by atoms with E-state index < -0.39 is 0 Å². The van der Waals surface area contributed by atoms with Crippen molar-refractivity contribution in [2.45, 2.75) is 38.1 Å². The fourth-order valence-corrected chi connectivity index (χ4v) is 2.45. The highest BCUT2D eigenvalue weighted by molar-refractivity contribution is 5.93. The molecule has 4 N–H and O–H groups in total. The summed E-state index contributed by atoms with van der Waals surface area (Å²) in [5, 5.41) is 6.03. The topological polar surface area (TPSA) is 92.4 Å². The maximum atomic E-state index is 11.8. The number of aliphatic imine (C=N–C) groups is 1. The molecule has 6 heteroatoms. The van der Waals surface area contributed by atoms with E-state index in [9.17, 15) is 4.79 Å². The first-order valence-corrected chi connectivity index (χ1v) is 7.50. The zero-order valence-corrected chi connectivity index (χ0v) is 12.2. The lowest BCUT2D eigenvalue weighted by atomic mass is 9.96. The summed E-state index contributed by atoms with van der Waals surface area (Å²) in [5.74, 6) is 0.328. The van der Waals surface area contributed by atoms with E-state index in [1.165, 1.54) is 25.5 Å². The number of hydrogen-bond acceptors (Lipinski definition) is 3. The monoisotopic (exact) mass is 289 g/mol. The van der Waals surface area contributed by atoms with Crippen molar-refractivity contribution in [1.82, 2.24) is 15.6 Å². The number of carbonyl (C=O) groups excluding carboxylic acids is 1. The van der Waals surface area contributed by atoms with E-state index in [1.54, 1.807) is 18.3 Å². The molecule has 2 rings (SSSR count). The average molecular weight is 289 g/mol. The number of rotatable bonds is 5. The van der Waals surface area contributed by atoms with Gasteiger partial charge in [0, 0.05) is 25.0 Å². The Bertz CT molecular complexity index is 468. The summed E-state index contributed by atoms with van der Waals surface area (Å²) in [7, 11) is 0. The molecule has 21 heavy (non-hydrogen) atoms. The number of guanidine groups is 1. The highest BCUT2D eigenvalue weighted by Crippen LogP contribution is 2.16. The van der Waals surface area contributed by atoms with Crippen LogP contribution >= 0.6 is 0 Å².